The molecule has 93 heavy (non-hydrogen) atoms. The minimum absolute atomic E-state index is 0.0293. The Hall–Kier alpha value is -8.80. The number of methoxy groups -OCH3 is 4. The summed E-state index contributed by atoms with van der Waals surface area (Å²) in [5, 5.41) is 13.0. The van der Waals surface area contributed by atoms with Crippen molar-refractivity contribution in [3.63, 3.8) is 0 Å². The second-order valence-corrected chi connectivity index (χ2v) is 26.5. The van der Waals surface area contributed by atoms with Gasteiger partial charge in [-0.05, 0) is 70.8 Å². The number of aliphatic carboxylic acids is 1. The lowest BCUT2D eigenvalue weighted by Gasteiger charge is -2.41. The second-order valence-electron chi connectivity index (χ2n) is 22.7. The lowest BCUT2D eigenvalue weighted by Crippen LogP contribution is -2.54. The zero-order valence-corrected chi connectivity index (χ0v) is 54.3. The molecule has 2 N–H and O–H groups in total. The summed E-state index contributed by atoms with van der Waals surface area (Å²) in [5.74, 6) is 1.09. The molecule has 0 radical (unpaired) electrons. The number of carboxylic acids is 1. The van der Waals surface area contributed by atoms with Crippen LogP contribution in [0.2, 0.25) is 0 Å². The normalized spacial score (nSPS) is 18.9. The molecule has 19 nitrogen and oxygen atoms in total. The molecule has 4 atom stereocenters. The molecule has 0 unspecified atom stereocenters. The first-order valence-electron chi connectivity index (χ1n) is 31.0. The molecular weight excluding hydrogens is 1220 g/mol. The summed E-state index contributed by atoms with van der Waals surface area (Å²) in [7, 11) is -2.38. The third kappa shape index (κ3) is 16.3. The Labute approximate surface area is 545 Å². The van der Waals surface area contributed by atoms with Crippen LogP contribution in [0.3, 0.4) is 0 Å². The molecular formula is C72H80N6O13S2. The Bertz CT molecular complexity index is 3830. The molecule has 0 aromatic heterocycles. The van der Waals surface area contributed by atoms with Crippen LogP contribution in [0.5, 0.6) is 34.5 Å². The van der Waals surface area contributed by atoms with Gasteiger partial charge in [0.25, 0.3) is 0 Å². The van der Waals surface area contributed by atoms with Crippen molar-refractivity contribution in [2.24, 2.45) is 0 Å². The highest BCUT2D eigenvalue weighted by molar-refractivity contribution is 7.89. The Kier molecular flexibility index (Phi) is 22.9. The standard InChI is InChI=1S/C36H39N3O6S.C19H21NO7S.C17H20N2/c1-43-33-19-18-31(25-34(33)44-2)46(41,42)39-26-30(45-29-16-10-5-11-17-29)24-32(39)36(40)38-22-20-37(21-23-38)35(27-12-6-3-7-13-27)28-14-8-4-9-15-28;1-25-17-9-8-15(11-18(17)26-2)28(23,24)20-12-14(10-16(20)19(21)22)27-13-6-4-3-5-7-13;1-3-7-15(8-4-1)17(16-9-5-2-6-10-16)19-13-11-18-12-14-19/h3-19,25,30,32,35H,20-24,26H2,1-2H3;3-9,11,14,16H,10,12H2,1-2H3,(H,21,22);1-10,17-18H,11-14H2/t30-,32-;14-,16-;/m00./s1. The molecule has 12 rings (SSSR count). The van der Waals surface area contributed by atoms with E-state index in [0.29, 0.717) is 61.0 Å². The predicted octanol–water partition coefficient (Wildman–Crippen LogP) is 9.53. The van der Waals surface area contributed by atoms with Gasteiger partial charge in [0, 0.05) is 77.3 Å². The highest BCUT2D eigenvalue weighted by atomic mass is 32.2. The van der Waals surface area contributed by atoms with E-state index in [1.54, 1.807) is 35.2 Å². The number of piperazine rings is 2. The number of rotatable bonds is 20. The fourth-order valence-corrected chi connectivity index (χ4v) is 15.7. The topological polar surface area (TPSA) is 206 Å². The average molecular weight is 1300 g/mol. The predicted molar refractivity (Wildman–Crippen MR) is 355 cm³/mol. The van der Waals surface area contributed by atoms with Gasteiger partial charge in [-0.25, -0.2) is 16.8 Å². The number of carbonyl (C=O) groups is 2. The first-order valence-corrected chi connectivity index (χ1v) is 33.9. The van der Waals surface area contributed by atoms with Crippen LogP contribution in [0.15, 0.2) is 228 Å². The minimum atomic E-state index is -4.09. The van der Waals surface area contributed by atoms with Crippen LogP contribution in [0, 0.1) is 0 Å². The van der Waals surface area contributed by atoms with Crippen LogP contribution < -0.4 is 33.7 Å². The van der Waals surface area contributed by atoms with Crippen LogP contribution in [0.1, 0.15) is 47.2 Å². The number of amides is 1. The smallest absolute Gasteiger partial charge is 0.322 e. The maximum atomic E-state index is 14.2. The van der Waals surface area contributed by atoms with Crippen LogP contribution in [-0.4, -0.2) is 175 Å². The number of hydrogen-bond donors (Lipinski definition) is 2. The van der Waals surface area contributed by atoms with Crippen molar-refractivity contribution in [1.29, 1.82) is 0 Å². The maximum absolute atomic E-state index is 14.2. The Morgan fingerprint density at radius 2 is 0.763 bits per heavy atom. The van der Waals surface area contributed by atoms with Crippen molar-refractivity contribution in [2.45, 2.75) is 59.0 Å². The van der Waals surface area contributed by atoms with Gasteiger partial charge in [-0.2, -0.15) is 8.61 Å². The summed E-state index contributed by atoms with van der Waals surface area (Å²) in [4.78, 5) is 32.7. The molecule has 8 aromatic carbocycles. The van der Waals surface area contributed by atoms with E-state index in [4.69, 9.17) is 28.4 Å². The van der Waals surface area contributed by atoms with Crippen LogP contribution in [0.4, 0.5) is 0 Å². The SMILES string of the molecule is COc1ccc(S(=O)(=O)N2C[C@@H](Oc3ccccc3)C[C@H]2C(=O)N2CCN(C(c3ccccc3)c3ccccc3)CC2)cc1OC.COc1ccc(S(=O)(=O)N2C[C@@H](Oc3ccccc3)C[C@H]2C(=O)O)cc1OC.c1ccc(C(c2ccccc2)N2CCNCC2)cc1. The van der Waals surface area contributed by atoms with Gasteiger partial charge in [-0.1, -0.05) is 158 Å². The first-order chi connectivity index (χ1) is 45.2. The van der Waals surface area contributed by atoms with Gasteiger partial charge >= 0.3 is 5.97 Å². The van der Waals surface area contributed by atoms with E-state index in [1.807, 2.05) is 72.8 Å². The monoisotopic (exact) mass is 1300 g/mol. The number of para-hydroxylation sites is 2. The summed E-state index contributed by atoms with van der Waals surface area (Å²) in [6.45, 7) is 6.63. The van der Waals surface area contributed by atoms with Crippen molar-refractivity contribution in [2.75, 3.05) is 93.9 Å². The van der Waals surface area contributed by atoms with Crippen molar-refractivity contribution >= 4 is 31.9 Å². The Morgan fingerprint density at radius 1 is 0.430 bits per heavy atom. The molecule has 0 spiro atoms. The molecule has 4 saturated heterocycles. The largest absolute Gasteiger partial charge is 0.493 e. The third-order valence-electron chi connectivity index (χ3n) is 17.0. The Morgan fingerprint density at radius 3 is 1.12 bits per heavy atom. The van der Waals surface area contributed by atoms with Gasteiger partial charge in [0.2, 0.25) is 26.0 Å². The molecule has 4 fully saturated rings. The summed E-state index contributed by atoms with van der Waals surface area (Å²) < 4.78 is 89.8. The van der Waals surface area contributed by atoms with Crippen LogP contribution >= 0.6 is 0 Å². The average Bonchev–Trinajstić information content (AvgIpc) is 1.73. The number of carboxylic acid groups (broad SMARTS) is 1. The summed E-state index contributed by atoms with van der Waals surface area (Å²) in [5.41, 5.74) is 5.15. The zero-order chi connectivity index (χ0) is 65.3. The van der Waals surface area contributed by atoms with Crippen molar-refractivity contribution < 1.29 is 60.0 Å². The van der Waals surface area contributed by atoms with Crippen molar-refractivity contribution in [3.8, 4) is 34.5 Å². The van der Waals surface area contributed by atoms with Crippen LogP contribution in [0.25, 0.3) is 0 Å². The summed E-state index contributed by atoms with van der Waals surface area (Å²) in [6, 6.07) is 67.5. The van der Waals surface area contributed by atoms with E-state index in [2.05, 4.69) is 100 Å². The lowest BCUT2D eigenvalue weighted by atomic mass is 9.96. The number of hydrogen-bond acceptors (Lipinski definition) is 15. The highest BCUT2D eigenvalue weighted by Gasteiger charge is 2.48. The fourth-order valence-electron chi connectivity index (χ4n) is 12.4. The van der Waals surface area contributed by atoms with Gasteiger partial charge in [-0.15, -0.1) is 0 Å². The number of carbonyl (C=O) groups excluding carboxylic acids is 1. The summed E-state index contributed by atoms with van der Waals surface area (Å²) >= 11 is 0. The number of benzene rings is 8. The molecule has 4 heterocycles. The molecule has 0 aliphatic carbocycles. The Balaban J connectivity index is 0.000000170. The first kappa shape index (κ1) is 67.1. The second kappa shape index (κ2) is 31.7. The van der Waals surface area contributed by atoms with E-state index in [9.17, 15) is 31.5 Å². The molecule has 488 valence electrons. The summed E-state index contributed by atoms with van der Waals surface area (Å²) in [6.07, 6.45) is -0.764. The zero-order valence-electron chi connectivity index (χ0n) is 52.6. The molecule has 4 aliphatic rings. The minimum Gasteiger partial charge on any atom is -0.493 e. The number of sulfonamides is 2. The quantitative estimate of drug-likeness (QED) is 0.0729. The van der Waals surface area contributed by atoms with E-state index in [-0.39, 0.29) is 53.4 Å². The number of nitrogens with zero attached hydrogens (tertiary/aromatic N) is 5. The molecule has 1 amide bonds. The van der Waals surface area contributed by atoms with Gasteiger partial charge in [0.15, 0.2) is 23.0 Å². The van der Waals surface area contributed by atoms with Gasteiger partial charge in [0.05, 0.1) is 63.4 Å². The molecule has 4 aliphatic heterocycles. The highest BCUT2D eigenvalue weighted by Crippen LogP contribution is 2.38. The number of ether oxygens (including phenoxy) is 6. The van der Waals surface area contributed by atoms with Gasteiger partial charge < -0.3 is 43.7 Å². The van der Waals surface area contributed by atoms with Gasteiger partial charge in [-0.3, -0.25) is 19.4 Å². The maximum Gasteiger partial charge on any atom is 0.322 e. The molecule has 0 bridgehead atoms. The third-order valence-corrected chi connectivity index (χ3v) is 20.7. The fraction of sp³-hybridized carbons (Fsp3) is 0.306. The van der Waals surface area contributed by atoms with E-state index >= 15 is 0 Å². The van der Waals surface area contributed by atoms with Crippen molar-refractivity contribution in [1.82, 2.24) is 28.6 Å². The van der Waals surface area contributed by atoms with E-state index < -0.39 is 50.3 Å². The van der Waals surface area contributed by atoms with E-state index in [1.165, 1.54) is 85.3 Å². The van der Waals surface area contributed by atoms with Crippen molar-refractivity contribution in [3.05, 3.63) is 241 Å². The molecule has 21 heteroatoms. The molecule has 0 saturated carbocycles. The van der Waals surface area contributed by atoms with E-state index in [0.717, 1.165) is 30.5 Å². The van der Waals surface area contributed by atoms with Crippen LogP contribution in [-0.2, 0) is 29.6 Å². The molecule has 8 aromatic rings. The van der Waals surface area contributed by atoms with Gasteiger partial charge in [0.1, 0.15) is 35.8 Å². The lowest BCUT2D eigenvalue weighted by molar-refractivity contribution is -0.140. The number of nitrogens with one attached hydrogen (secondary N) is 1.